The molecule has 0 aliphatic carbocycles. The number of nitrogens with zero attached hydrogens (tertiary/aromatic N) is 2. The quantitative estimate of drug-likeness (QED) is 0.621. The number of morpholine rings is 1. The number of nitrogens with one attached hydrogen (secondary N) is 2. The monoisotopic (exact) mass is 400 g/mol. The summed E-state index contributed by atoms with van der Waals surface area (Å²) in [5.41, 5.74) is 0. The minimum atomic E-state index is -3.95. The van der Waals surface area contributed by atoms with Crippen LogP contribution in [0.15, 0.2) is 34.3 Å². The molecular weight excluding hydrogens is 375 g/mol. The molecule has 150 valence electrons. The van der Waals surface area contributed by atoms with E-state index < -0.39 is 27.8 Å². The Balaban J connectivity index is 1.94. The SMILES string of the molecule is CC(C)[C@H](NS(=O)(=O)c1ccc(F)cc1)C(=O)NC/C=N/N1CCOCC1. The number of hydrogen-bond donors (Lipinski definition) is 2. The lowest BCUT2D eigenvalue weighted by Crippen LogP contribution is -2.50. The van der Waals surface area contributed by atoms with Gasteiger partial charge < -0.3 is 10.1 Å². The first kappa shape index (κ1) is 21.3. The summed E-state index contributed by atoms with van der Waals surface area (Å²) >= 11 is 0. The second kappa shape index (κ2) is 9.77. The van der Waals surface area contributed by atoms with Crippen molar-refractivity contribution in [1.82, 2.24) is 15.0 Å². The van der Waals surface area contributed by atoms with Crippen molar-refractivity contribution in [3.63, 3.8) is 0 Å². The van der Waals surface area contributed by atoms with Gasteiger partial charge in [0, 0.05) is 6.21 Å². The first-order valence-corrected chi connectivity index (χ1v) is 10.2. The van der Waals surface area contributed by atoms with E-state index in [0.717, 1.165) is 24.3 Å². The average Bonchev–Trinajstić information content (AvgIpc) is 2.64. The van der Waals surface area contributed by atoms with Crippen molar-refractivity contribution in [2.45, 2.75) is 24.8 Å². The third-order valence-corrected chi connectivity index (χ3v) is 5.41. The van der Waals surface area contributed by atoms with Gasteiger partial charge in [-0.25, -0.2) is 12.8 Å². The highest BCUT2D eigenvalue weighted by Gasteiger charge is 2.28. The standard InChI is InChI=1S/C17H25FN4O4S/c1-13(2)16(21-27(24,25)15-5-3-14(18)4-6-15)17(23)19-7-8-20-22-9-11-26-12-10-22/h3-6,8,13,16,21H,7,9-12H2,1-2H3,(H,19,23)/b20-8+/t16-/m0/s1. The van der Waals surface area contributed by atoms with Crippen LogP contribution in [0.1, 0.15) is 13.8 Å². The van der Waals surface area contributed by atoms with Gasteiger partial charge in [-0.2, -0.15) is 9.82 Å². The molecule has 1 fully saturated rings. The number of benzene rings is 1. The van der Waals surface area contributed by atoms with Gasteiger partial charge in [0.1, 0.15) is 11.9 Å². The zero-order chi connectivity index (χ0) is 19.9. The van der Waals surface area contributed by atoms with Crippen LogP contribution in [0.3, 0.4) is 0 Å². The van der Waals surface area contributed by atoms with E-state index in [-0.39, 0.29) is 17.4 Å². The molecule has 1 aliphatic heterocycles. The van der Waals surface area contributed by atoms with Crippen LogP contribution >= 0.6 is 0 Å². The number of sulfonamides is 1. The van der Waals surface area contributed by atoms with Crippen molar-refractivity contribution < 1.29 is 22.3 Å². The van der Waals surface area contributed by atoms with Gasteiger partial charge in [0.05, 0.1) is 37.7 Å². The summed E-state index contributed by atoms with van der Waals surface area (Å²) in [7, 11) is -3.95. The van der Waals surface area contributed by atoms with Gasteiger partial charge in [-0.1, -0.05) is 13.8 Å². The molecular formula is C17H25FN4O4S. The van der Waals surface area contributed by atoms with E-state index in [0.29, 0.717) is 26.3 Å². The lowest BCUT2D eigenvalue weighted by molar-refractivity contribution is -0.123. The molecule has 1 aliphatic rings. The molecule has 0 aromatic heterocycles. The summed E-state index contributed by atoms with van der Waals surface area (Å²) in [5.74, 6) is -1.27. The van der Waals surface area contributed by atoms with Crippen molar-refractivity contribution in [3.05, 3.63) is 30.1 Å². The van der Waals surface area contributed by atoms with Crippen LogP contribution in [0.2, 0.25) is 0 Å². The molecule has 0 radical (unpaired) electrons. The minimum absolute atomic E-state index is 0.101. The lowest BCUT2D eigenvalue weighted by Gasteiger charge is -2.24. The van der Waals surface area contributed by atoms with E-state index in [4.69, 9.17) is 4.74 Å². The van der Waals surface area contributed by atoms with Crippen molar-refractivity contribution in [1.29, 1.82) is 0 Å². The number of hydrogen-bond acceptors (Lipinski definition) is 6. The van der Waals surface area contributed by atoms with Gasteiger partial charge in [0.25, 0.3) is 0 Å². The maximum absolute atomic E-state index is 13.0. The van der Waals surface area contributed by atoms with Crippen LogP contribution < -0.4 is 10.0 Å². The Kier molecular flexibility index (Phi) is 7.69. The number of hydrazone groups is 1. The van der Waals surface area contributed by atoms with Crippen LogP contribution in [0.4, 0.5) is 4.39 Å². The van der Waals surface area contributed by atoms with Gasteiger partial charge in [-0.15, -0.1) is 0 Å². The zero-order valence-corrected chi connectivity index (χ0v) is 16.2. The number of carbonyl (C=O) groups is 1. The topological polar surface area (TPSA) is 100 Å². The fraction of sp³-hybridized carbons (Fsp3) is 0.529. The Morgan fingerprint density at radius 1 is 1.30 bits per heavy atom. The smallest absolute Gasteiger partial charge is 0.241 e. The molecule has 1 aromatic carbocycles. The van der Waals surface area contributed by atoms with Crippen molar-refractivity contribution in [3.8, 4) is 0 Å². The van der Waals surface area contributed by atoms with Gasteiger partial charge in [-0.3, -0.25) is 9.80 Å². The van der Waals surface area contributed by atoms with Gasteiger partial charge >= 0.3 is 0 Å². The number of carbonyl (C=O) groups excluding carboxylic acids is 1. The van der Waals surface area contributed by atoms with Crippen LogP contribution in [0.25, 0.3) is 0 Å². The van der Waals surface area contributed by atoms with Gasteiger partial charge in [-0.05, 0) is 30.2 Å². The van der Waals surface area contributed by atoms with Crippen LogP contribution in [0.5, 0.6) is 0 Å². The predicted molar refractivity (Wildman–Crippen MR) is 99.2 cm³/mol. The normalized spacial score (nSPS) is 16.7. The van der Waals surface area contributed by atoms with Crippen LogP contribution in [-0.4, -0.2) is 64.4 Å². The molecule has 0 bridgehead atoms. The molecule has 2 N–H and O–H groups in total. The fourth-order valence-corrected chi connectivity index (χ4v) is 3.77. The van der Waals surface area contributed by atoms with E-state index in [2.05, 4.69) is 15.1 Å². The highest BCUT2D eigenvalue weighted by atomic mass is 32.2. The Morgan fingerprint density at radius 3 is 2.52 bits per heavy atom. The summed E-state index contributed by atoms with van der Waals surface area (Å²) in [6.07, 6.45) is 1.56. The zero-order valence-electron chi connectivity index (χ0n) is 15.4. The molecule has 0 spiro atoms. The van der Waals surface area contributed by atoms with E-state index in [1.165, 1.54) is 0 Å². The molecule has 10 heteroatoms. The molecule has 2 rings (SSSR count). The summed E-state index contributed by atoms with van der Waals surface area (Å²) in [4.78, 5) is 12.3. The van der Waals surface area contributed by atoms with Crippen molar-refractivity contribution in [2.75, 3.05) is 32.8 Å². The number of halogens is 1. The summed E-state index contributed by atoms with van der Waals surface area (Å²) < 4.78 is 45.5. The predicted octanol–water partition coefficient (Wildman–Crippen LogP) is 0.563. The van der Waals surface area contributed by atoms with Crippen LogP contribution in [-0.2, 0) is 19.6 Å². The first-order valence-electron chi connectivity index (χ1n) is 8.70. The number of amides is 1. The third-order valence-electron chi connectivity index (χ3n) is 3.96. The van der Waals surface area contributed by atoms with Crippen molar-refractivity contribution >= 4 is 22.1 Å². The largest absolute Gasteiger partial charge is 0.378 e. The maximum Gasteiger partial charge on any atom is 0.241 e. The molecule has 1 atom stereocenters. The van der Waals surface area contributed by atoms with E-state index in [1.807, 2.05) is 5.01 Å². The Bertz CT molecular complexity index is 747. The molecule has 1 aromatic rings. The average molecular weight is 400 g/mol. The van der Waals surface area contributed by atoms with E-state index in [1.54, 1.807) is 20.1 Å². The molecule has 1 saturated heterocycles. The van der Waals surface area contributed by atoms with E-state index >= 15 is 0 Å². The minimum Gasteiger partial charge on any atom is -0.378 e. The molecule has 1 amide bonds. The second-order valence-corrected chi connectivity index (χ2v) is 8.12. The molecule has 1 heterocycles. The Morgan fingerprint density at radius 2 is 1.93 bits per heavy atom. The maximum atomic E-state index is 13.0. The lowest BCUT2D eigenvalue weighted by atomic mass is 10.1. The van der Waals surface area contributed by atoms with E-state index in [9.17, 15) is 17.6 Å². The van der Waals surface area contributed by atoms with Gasteiger partial charge in [0.15, 0.2) is 0 Å². The molecule has 27 heavy (non-hydrogen) atoms. The van der Waals surface area contributed by atoms with Crippen molar-refractivity contribution in [2.24, 2.45) is 11.0 Å². The van der Waals surface area contributed by atoms with Gasteiger partial charge in [0.2, 0.25) is 15.9 Å². The Hall–Kier alpha value is -2.04. The first-order chi connectivity index (χ1) is 12.8. The summed E-state index contributed by atoms with van der Waals surface area (Å²) in [6, 6.07) is 3.46. The summed E-state index contributed by atoms with van der Waals surface area (Å²) in [5, 5.41) is 8.72. The number of rotatable bonds is 8. The fourth-order valence-electron chi connectivity index (χ4n) is 2.42. The Labute approximate surface area is 158 Å². The second-order valence-electron chi connectivity index (χ2n) is 6.41. The van der Waals surface area contributed by atoms with Crippen LogP contribution in [0, 0.1) is 11.7 Å². The molecule has 0 saturated carbocycles. The summed E-state index contributed by atoms with van der Waals surface area (Å²) in [6.45, 7) is 6.26. The molecule has 0 unspecified atom stereocenters. The highest BCUT2D eigenvalue weighted by Crippen LogP contribution is 2.12. The highest BCUT2D eigenvalue weighted by molar-refractivity contribution is 7.89. The number of ether oxygens (including phenoxy) is 1. The third kappa shape index (κ3) is 6.56. The molecule has 8 nitrogen and oxygen atoms in total.